The Morgan fingerprint density at radius 2 is 2.00 bits per heavy atom. The van der Waals surface area contributed by atoms with Gasteiger partial charge in [-0.25, -0.2) is 0 Å². The van der Waals surface area contributed by atoms with Crippen molar-refractivity contribution in [1.82, 2.24) is 0 Å². The number of benzene rings is 2. The molecule has 0 aromatic heterocycles. The molecule has 0 bridgehead atoms. The summed E-state index contributed by atoms with van der Waals surface area (Å²) in [6.07, 6.45) is 1.17. The number of rotatable bonds is 3. The van der Waals surface area contributed by atoms with Crippen molar-refractivity contribution in [3.05, 3.63) is 63.7 Å². The van der Waals surface area contributed by atoms with E-state index in [-0.39, 0.29) is 28.6 Å². The Morgan fingerprint density at radius 1 is 1.25 bits per heavy atom. The smallest absolute Gasteiger partial charge is 0.279 e. The molecule has 0 spiro atoms. The standard InChI is InChI=1S/C16H12N4O4/c1-19-13-5-3-2-4-12(13)15(16(19)22)18-17-9-10-8-11(20(23)24)6-7-14(10)21/h2-9,21H,1H3/b17-9+,18-15?. The zero-order chi connectivity index (χ0) is 17.3. The molecule has 1 N–H and O–H groups in total. The van der Waals surface area contributed by atoms with Crippen LogP contribution in [0.4, 0.5) is 11.4 Å². The molecule has 8 heteroatoms. The van der Waals surface area contributed by atoms with Crippen molar-refractivity contribution in [3.63, 3.8) is 0 Å². The second kappa shape index (κ2) is 5.92. The van der Waals surface area contributed by atoms with Crippen LogP contribution in [0.5, 0.6) is 5.75 Å². The quantitative estimate of drug-likeness (QED) is 0.529. The van der Waals surface area contributed by atoms with Crippen molar-refractivity contribution < 1.29 is 14.8 Å². The first-order valence-corrected chi connectivity index (χ1v) is 6.95. The van der Waals surface area contributed by atoms with Crippen LogP contribution in [0.3, 0.4) is 0 Å². The fourth-order valence-electron chi connectivity index (χ4n) is 2.35. The summed E-state index contributed by atoms with van der Waals surface area (Å²) in [6.45, 7) is 0. The zero-order valence-electron chi connectivity index (χ0n) is 12.6. The normalized spacial score (nSPS) is 15.3. The maximum Gasteiger partial charge on any atom is 0.279 e. The van der Waals surface area contributed by atoms with Gasteiger partial charge in [0.25, 0.3) is 11.6 Å². The first-order chi connectivity index (χ1) is 11.5. The molecule has 8 nitrogen and oxygen atoms in total. The highest BCUT2D eigenvalue weighted by Gasteiger charge is 2.30. The number of nitro groups is 1. The number of phenols is 1. The first-order valence-electron chi connectivity index (χ1n) is 6.95. The molecule has 0 saturated heterocycles. The number of hydrogen-bond donors (Lipinski definition) is 1. The number of anilines is 1. The van der Waals surface area contributed by atoms with Gasteiger partial charge in [-0.15, -0.1) is 5.10 Å². The number of hydrogen-bond acceptors (Lipinski definition) is 6. The third-order valence-corrected chi connectivity index (χ3v) is 3.60. The van der Waals surface area contributed by atoms with E-state index in [9.17, 15) is 20.0 Å². The fourth-order valence-corrected chi connectivity index (χ4v) is 2.35. The summed E-state index contributed by atoms with van der Waals surface area (Å²) in [7, 11) is 1.64. The van der Waals surface area contributed by atoms with Crippen LogP contribution in [0.15, 0.2) is 52.7 Å². The summed E-state index contributed by atoms with van der Waals surface area (Å²) >= 11 is 0. The van der Waals surface area contributed by atoms with Crippen LogP contribution in [0.2, 0.25) is 0 Å². The molecule has 1 heterocycles. The van der Waals surface area contributed by atoms with E-state index in [1.54, 1.807) is 25.2 Å². The van der Waals surface area contributed by atoms with Crippen LogP contribution in [0, 0.1) is 10.1 Å². The van der Waals surface area contributed by atoms with Crippen LogP contribution in [-0.2, 0) is 4.79 Å². The van der Waals surface area contributed by atoms with Gasteiger partial charge in [0.1, 0.15) is 5.75 Å². The molecule has 0 unspecified atom stereocenters. The number of carbonyl (C=O) groups is 1. The van der Waals surface area contributed by atoms with Crippen LogP contribution in [0.1, 0.15) is 11.1 Å². The highest BCUT2D eigenvalue weighted by atomic mass is 16.6. The second-order valence-corrected chi connectivity index (χ2v) is 5.07. The van der Waals surface area contributed by atoms with Gasteiger partial charge in [-0.1, -0.05) is 18.2 Å². The maximum atomic E-state index is 12.2. The number of amides is 1. The minimum Gasteiger partial charge on any atom is -0.507 e. The van der Waals surface area contributed by atoms with Crippen molar-refractivity contribution in [2.75, 3.05) is 11.9 Å². The van der Waals surface area contributed by atoms with E-state index < -0.39 is 4.92 Å². The van der Waals surface area contributed by atoms with Gasteiger partial charge in [-0.2, -0.15) is 5.10 Å². The predicted octanol–water partition coefficient (Wildman–Crippen LogP) is 2.10. The molecule has 0 radical (unpaired) electrons. The average Bonchev–Trinajstić information content (AvgIpc) is 2.81. The Bertz CT molecular complexity index is 905. The van der Waals surface area contributed by atoms with Crippen LogP contribution in [0.25, 0.3) is 0 Å². The van der Waals surface area contributed by atoms with Gasteiger partial charge < -0.3 is 10.0 Å². The van der Waals surface area contributed by atoms with E-state index in [4.69, 9.17) is 0 Å². The molecule has 120 valence electrons. The number of non-ortho nitro benzene ring substituents is 1. The number of phenolic OH excluding ortho intramolecular Hbond substituents is 1. The van der Waals surface area contributed by atoms with E-state index in [1.807, 2.05) is 6.07 Å². The van der Waals surface area contributed by atoms with Crippen LogP contribution < -0.4 is 4.90 Å². The Labute approximate surface area is 136 Å². The van der Waals surface area contributed by atoms with Crippen molar-refractivity contribution in [2.45, 2.75) is 0 Å². The van der Waals surface area contributed by atoms with Crippen molar-refractivity contribution >= 4 is 29.2 Å². The van der Waals surface area contributed by atoms with Crippen LogP contribution in [-0.4, -0.2) is 34.9 Å². The molecule has 0 saturated carbocycles. The Balaban J connectivity index is 1.94. The molecule has 1 amide bonds. The summed E-state index contributed by atoms with van der Waals surface area (Å²) < 4.78 is 0. The van der Waals surface area contributed by atoms with Crippen molar-refractivity contribution in [1.29, 1.82) is 0 Å². The number of carbonyl (C=O) groups excluding carboxylic acids is 1. The Morgan fingerprint density at radius 3 is 2.75 bits per heavy atom. The van der Waals surface area contributed by atoms with Gasteiger partial charge >= 0.3 is 0 Å². The van der Waals surface area contributed by atoms with E-state index in [0.717, 1.165) is 5.69 Å². The number of fused-ring (bicyclic) bond motifs is 1. The molecule has 0 aliphatic carbocycles. The predicted molar refractivity (Wildman–Crippen MR) is 88.7 cm³/mol. The van der Waals surface area contributed by atoms with Gasteiger partial charge in [0.2, 0.25) is 0 Å². The fraction of sp³-hybridized carbons (Fsp3) is 0.0625. The lowest BCUT2D eigenvalue weighted by atomic mass is 10.1. The number of nitro benzene ring substituents is 1. The lowest BCUT2D eigenvalue weighted by Gasteiger charge is -2.07. The molecule has 0 fully saturated rings. The maximum absolute atomic E-state index is 12.2. The number of para-hydroxylation sites is 1. The van der Waals surface area contributed by atoms with Crippen molar-refractivity contribution in [2.24, 2.45) is 10.2 Å². The van der Waals surface area contributed by atoms with Gasteiger partial charge in [0.05, 0.1) is 16.8 Å². The minimum absolute atomic E-state index is 0.139. The average molecular weight is 324 g/mol. The first kappa shape index (κ1) is 15.3. The Hall–Kier alpha value is -3.55. The molecule has 1 aliphatic heterocycles. The summed E-state index contributed by atoms with van der Waals surface area (Å²) in [4.78, 5) is 23.9. The zero-order valence-corrected chi connectivity index (χ0v) is 12.6. The number of aromatic hydroxyl groups is 1. The van der Waals surface area contributed by atoms with E-state index >= 15 is 0 Å². The molecule has 2 aromatic carbocycles. The summed E-state index contributed by atoms with van der Waals surface area (Å²) in [6, 6.07) is 10.7. The third-order valence-electron chi connectivity index (χ3n) is 3.60. The van der Waals surface area contributed by atoms with Crippen LogP contribution >= 0.6 is 0 Å². The Kier molecular flexibility index (Phi) is 3.78. The SMILES string of the molecule is CN1C(=O)C(=N/N=C/c2cc([N+](=O)[O-])ccc2O)c2ccccc21. The highest BCUT2D eigenvalue weighted by Crippen LogP contribution is 2.27. The van der Waals surface area contributed by atoms with Gasteiger partial charge in [0.15, 0.2) is 5.71 Å². The molecular formula is C16H12N4O4. The summed E-state index contributed by atoms with van der Waals surface area (Å²) in [5, 5.41) is 28.2. The molecule has 0 atom stereocenters. The van der Waals surface area contributed by atoms with Gasteiger partial charge in [-0.3, -0.25) is 14.9 Å². The highest BCUT2D eigenvalue weighted by molar-refractivity contribution is 6.54. The summed E-state index contributed by atoms with van der Waals surface area (Å²) in [5.74, 6) is -0.462. The van der Waals surface area contributed by atoms with Gasteiger partial charge in [-0.05, 0) is 12.1 Å². The lowest BCUT2D eigenvalue weighted by Crippen LogP contribution is -2.25. The van der Waals surface area contributed by atoms with Gasteiger partial charge in [0, 0.05) is 30.3 Å². The van der Waals surface area contributed by atoms with E-state index in [0.29, 0.717) is 5.56 Å². The third kappa shape index (κ3) is 2.60. The molecule has 1 aliphatic rings. The van der Waals surface area contributed by atoms with E-state index in [2.05, 4.69) is 10.2 Å². The minimum atomic E-state index is -0.575. The molecular weight excluding hydrogens is 312 g/mol. The molecule has 2 aromatic rings. The second-order valence-electron chi connectivity index (χ2n) is 5.07. The molecule has 3 rings (SSSR count). The molecule has 24 heavy (non-hydrogen) atoms. The monoisotopic (exact) mass is 324 g/mol. The number of nitrogens with zero attached hydrogens (tertiary/aromatic N) is 4. The number of likely N-dealkylation sites (N-methyl/N-ethyl adjacent to an activating group) is 1. The van der Waals surface area contributed by atoms with E-state index in [1.165, 1.54) is 29.3 Å². The van der Waals surface area contributed by atoms with Crippen molar-refractivity contribution in [3.8, 4) is 5.75 Å². The summed E-state index contributed by atoms with van der Waals surface area (Å²) in [5.41, 5.74) is 1.53. The lowest BCUT2D eigenvalue weighted by molar-refractivity contribution is -0.384. The largest absolute Gasteiger partial charge is 0.507 e. The topological polar surface area (TPSA) is 108 Å².